The van der Waals surface area contributed by atoms with E-state index in [0.29, 0.717) is 0 Å². The van der Waals surface area contributed by atoms with Crippen LogP contribution >= 0.6 is 11.3 Å². The van der Waals surface area contributed by atoms with Gasteiger partial charge >= 0.3 is 0 Å². The van der Waals surface area contributed by atoms with Crippen molar-refractivity contribution in [3.63, 3.8) is 0 Å². The van der Waals surface area contributed by atoms with E-state index in [1.54, 1.807) is 4.52 Å². The maximum atomic E-state index is 4.52. The first-order chi connectivity index (χ1) is 8.81. The molecule has 0 bridgehead atoms. The summed E-state index contributed by atoms with van der Waals surface area (Å²) in [4.78, 5) is 4.19. The first-order valence-electron chi connectivity index (χ1n) is 5.58. The van der Waals surface area contributed by atoms with Gasteiger partial charge in [0, 0.05) is 10.9 Å². The maximum Gasteiger partial charge on any atom is 0.235 e. The molecule has 1 N–H and O–H groups in total. The number of para-hydroxylation sites is 1. The molecule has 3 heterocycles. The van der Waals surface area contributed by atoms with Crippen LogP contribution in [0.15, 0.2) is 30.3 Å². The molecule has 0 fully saturated rings. The summed E-state index contributed by atoms with van der Waals surface area (Å²) in [6.07, 6.45) is 0. The van der Waals surface area contributed by atoms with Crippen LogP contribution in [0.25, 0.3) is 26.6 Å². The Hall–Kier alpha value is -2.21. The Morgan fingerprint density at radius 2 is 2.11 bits per heavy atom. The number of fused-ring (bicyclic) bond motifs is 2. The summed E-state index contributed by atoms with van der Waals surface area (Å²) in [5.41, 5.74) is 2.14. The predicted molar refractivity (Wildman–Crippen MR) is 70.7 cm³/mol. The molecule has 0 unspecified atom stereocenters. The van der Waals surface area contributed by atoms with Gasteiger partial charge in [0.15, 0.2) is 10.8 Å². The fraction of sp³-hybridized carbons (Fsp3) is 0.0833. The van der Waals surface area contributed by atoms with Crippen molar-refractivity contribution in [2.24, 2.45) is 0 Å². The van der Waals surface area contributed by atoms with Crippen molar-refractivity contribution < 1.29 is 0 Å². The van der Waals surface area contributed by atoms with Gasteiger partial charge in [-0.15, -0.1) is 10.2 Å². The molecular formula is C12H9N5S. The van der Waals surface area contributed by atoms with Crippen molar-refractivity contribution in [1.29, 1.82) is 0 Å². The topological polar surface area (TPSA) is 58.9 Å². The van der Waals surface area contributed by atoms with Gasteiger partial charge in [0.25, 0.3) is 0 Å². The molecule has 0 saturated carbocycles. The van der Waals surface area contributed by atoms with Crippen molar-refractivity contribution in [3.05, 3.63) is 36.2 Å². The van der Waals surface area contributed by atoms with Crippen LogP contribution in [0.3, 0.4) is 0 Å². The molecule has 88 valence electrons. The van der Waals surface area contributed by atoms with E-state index in [1.165, 1.54) is 16.7 Å². The van der Waals surface area contributed by atoms with Crippen molar-refractivity contribution in [3.8, 4) is 10.7 Å². The van der Waals surface area contributed by atoms with E-state index in [2.05, 4.69) is 38.5 Å². The van der Waals surface area contributed by atoms with Gasteiger partial charge in [0.2, 0.25) is 4.96 Å². The minimum Gasteiger partial charge on any atom is -0.353 e. The second kappa shape index (κ2) is 3.39. The van der Waals surface area contributed by atoms with Crippen LogP contribution in [0.2, 0.25) is 0 Å². The number of benzene rings is 1. The second-order valence-electron chi connectivity index (χ2n) is 4.12. The summed E-state index contributed by atoms with van der Waals surface area (Å²) in [6, 6.07) is 10.3. The lowest BCUT2D eigenvalue weighted by molar-refractivity contribution is 0.896. The average molecular weight is 255 g/mol. The zero-order chi connectivity index (χ0) is 12.1. The Bertz CT molecular complexity index is 821. The van der Waals surface area contributed by atoms with Crippen LogP contribution in [0.5, 0.6) is 0 Å². The van der Waals surface area contributed by atoms with E-state index in [-0.39, 0.29) is 0 Å². The third-order valence-corrected chi connectivity index (χ3v) is 3.84. The van der Waals surface area contributed by atoms with Gasteiger partial charge in [-0.05, 0) is 19.1 Å². The summed E-state index contributed by atoms with van der Waals surface area (Å²) in [5, 5.41) is 14.7. The number of aromatic nitrogens is 5. The van der Waals surface area contributed by atoms with Crippen LogP contribution in [-0.2, 0) is 0 Å². The molecule has 0 amide bonds. The number of hydrogen-bond acceptors (Lipinski definition) is 4. The summed E-state index contributed by atoms with van der Waals surface area (Å²) >= 11 is 1.53. The zero-order valence-corrected chi connectivity index (χ0v) is 10.4. The molecule has 18 heavy (non-hydrogen) atoms. The smallest absolute Gasteiger partial charge is 0.235 e. The van der Waals surface area contributed by atoms with Crippen molar-refractivity contribution in [2.75, 3.05) is 0 Å². The largest absolute Gasteiger partial charge is 0.353 e. The fourth-order valence-electron chi connectivity index (χ4n) is 2.01. The van der Waals surface area contributed by atoms with Crippen molar-refractivity contribution in [1.82, 2.24) is 24.8 Å². The zero-order valence-electron chi connectivity index (χ0n) is 9.58. The molecule has 6 heteroatoms. The number of aromatic amines is 1. The summed E-state index contributed by atoms with van der Waals surface area (Å²) in [5.74, 6) is 0.809. The van der Waals surface area contributed by atoms with Crippen LogP contribution in [0.1, 0.15) is 5.82 Å². The normalized spacial score (nSPS) is 11.6. The van der Waals surface area contributed by atoms with Crippen LogP contribution in [0.4, 0.5) is 0 Å². The highest BCUT2D eigenvalue weighted by molar-refractivity contribution is 7.19. The number of nitrogens with zero attached hydrogens (tertiary/aromatic N) is 4. The highest BCUT2D eigenvalue weighted by atomic mass is 32.1. The SMILES string of the molecule is Cc1nnc2sc(-c3cc4ccccc4[nH]3)nn12. The van der Waals surface area contributed by atoms with E-state index < -0.39 is 0 Å². The number of hydrogen-bond donors (Lipinski definition) is 1. The van der Waals surface area contributed by atoms with Gasteiger partial charge in [-0.25, -0.2) is 0 Å². The third-order valence-electron chi connectivity index (χ3n) is 2.91. The average Bonchev–Trinajstić information content (AvgIpc) is 3.04. The Kier molecular flexibility index (Phi) is 1.84. The molecular weight excluding hydrogens is 246 g/mol. The van der Waals surface area contributed by atoms with Crippen molar-refractivity contribution in [2.45, 2.75) is 6.92 Å². The number of H-pyrrole nitrogens is 1. The fourth-order valence-corrected chi connectivity index (χ4v) is 2.87. The second-order valence-corrected chi connectivity index (χ2v) is 5.08. The lowest BCUT2D eigenvalue weighted by Crippen LogP contribution is -1.88. The lowest BCUT2D eigenvalue weighted by atomic mass is 10.2. The highest BCUT2D eigenvalue weighted by Crippen LogP contribution is 2.27. The molecule has 0 aliphatic rings. The molecule has 1 aromatic carbocycles. The van der Waals surface area contributed by atoms with E-state index in [0.717, 1.165) is 27.0 Å². The minimum atomic E-state index is 0.809. The highest BCUT2D eigenvalue weighted by Gasteiger charge is 2.12. The number of rotatable bonds is 1. The molecule has 3 aromatic heterocycles. The molecule has 5 nitrogen and oxygen atoms in total. The van der Waals surface area contributed by atoms with E-state index in [9.17, 15) is 0 Å². The van der Waals surface area contributed by atoms with Gasteiger partial charge in [0.1, 0.15) is 0 Å². The van der Waals surface area contributed by atoms with E-state index in [4.69, 9.17) is 0 Å². The summed E-state index contributed by atoms with van der Waals surface area (Å²) in [7, 11) is 0. The first-order valence-corrected chi connectivity index (χ1v) is 6.40. The standard InChI is InChI=1S/C12H9N5S/c1-7-14-15-12-17(7)16-11(18-12)10-6-8-4-2-3-5-9(8)13-10/h2-6,13H,1H3. The number of nitrogens with one attached hydrogen (secondary N) is 1. The Labute approximate surface area is 106 Å². The van der Waals surface area contributed by atoms with Gasteiger partial charge in [-0.3, -0.25) is 0 Å². The monoisotopic (exact) mass is 255 g/mol. The van der Waals surface area contributed by atoms with Gasteiger partial charge in [-0.2, -0.15) is 9.61 Å². The van der Waals surface area contributed by atoms with Gasteiger partial charge in [-0.1, -0.05) is 29.5 Å². The predicted octanol–water partition coefficient (Wildman–Crippen LogP) is 2.64. The molecule has 4 aromatic rings. The quantitative estimate of drug-likeness (QED) is 0.569. The molecule has 0 saturated heterocycles. The number of aryl methyl sites for hydroxylation is 1. The Morgan fingerprint density at radius 1 is 1.22 bits per heavy atom. The van der Waals surface area contributed by atoms with Crippen LogP contribution in [-0.4, -0.2) is 24.8 Å². The Morgan fingerprint density at radius 3 is 2.94 bits per heavy atom. The molecule has 0 aliphatic heterocycles. The molecule has 4 rings (SSSR count). The molecule has 0 atom stereocenters. The first kappa shape index (κ1) is 9.78. The third kappa shape index (κ3) is 1.29. The maximum absolute atomic E-state index is 4.52. The van der Waals surface area contributed by atoms with Crippen LogP contribution in [0, 0.1) is 6.92 Å². The minimum absolute atomic E-state index is 0.809. The van der Waals surface area contributed by atoms with Crippen molar-refractivity contribution >= 4 is 27.2 Å². The Balaban J connectivity index is 1.95. The van der Waals surface area contributed by atoms with Gasteiger partial charge < -0.3 is 4.98 Å². The van der Waals surface area contributed by atoms with Crippen LogP contribution < -0.4 is 0 Å². The van der Waals surface area contributed by atoms with E-state index >= 15 is 0 Å². The van der Waals surface area contributed by atoms with Gasteiger partial charge in [0.05, 0.1) is 5.69 Å². The van der Waals surface area contributed by atoms with E-state index in [1.807, 2.05) is 19.1 Å². The summed E-state index contributed by atoms with van der Waals surface area (Å²) in [6.45, 7) is 1.90. The molecule has 0 radical (unpaired) electrons. The summed E-state index contributed by atoms with van der Waals surface area (Å²) < 4.78 is 1.77. The lowest BCUT2D eigenvalue weighted by Gasteiger charge is -1.87. The molecule has 0 aliphatic carbocycles. The molecule has 0 spiro atoms.